The molecule has 3 aromatic rings. The van der Waals surface area contributed by atoms with Crippen LogP contribution in [0.15, 0.2) is 52.1 Å². The van der Waals surface area contributed by atoms with Gasteiger partial charge in [0.2, 0.25) is 0 Å². The molecule has 0 unspecified atom stereocenters. The molecule has 8 nitrogen and oxygen atoms in total. The number of rotatable bonds is 9. The Labute approximate surface area is 170 Å². The highest BCUT2D eigenvalue weighted by atomic mass is 16.3. The predicted molar refractivity (Wildman–Crippen MR) is 114 cm³/mol. The van der Waals surface area contributed by atoms with Crippen molar-refractivity contribution in [3.8, 4) is 0 Å². The van der Waals surface area contributed by atoms with Crippen LogP contribution < -0.4 is 16.0 Å². The molecular formula is C21H28N6O2. The van der Waals surface area contributed by atoms with Crippen LogP contribution in [0.5, 0.6) is 0 Å². The number of hydrogen-bond acceptors (Lipinski definition) is 4. The molecule has 2 aromatic heterocycles. The van der Waals surface area contributed by atoms with Gasteiger partial charge < -0.3 is 24.9 Å². The molecule has 29 heavy (non-hydrogen) atoms. The van der Waals surface area contributed by atoms with E-state index in [1.807, 2.05) is 32.0 Å². The van der Waals surface area contributed by atoms with Crippen molar-refractivity contribution in [2.24, 2.45) is 4.99 Å². The fourth-order valence-corrected chi connectivity index (χ4v) is 3.09. The lowest BCUT2D eigenvalue weighted by atomic mass is 10.3. The van der Waals surface area contributed by atoms with Crippen LogP contribution in [0.1, 0.15) is 29.7 Å². The average Bonchev–Trinajstić information content (AvgIpc) is 3.36. The number of nitrogens with zero attached hydrogens (tertiary/aromatic N) is 3. The van der Waals surface area contributed by atoms with E-state index in [0.29, 0.717) is 25.4 Å². The highest BCUT2D eigenvalue weighted by Gasteiger charge is 2.07. The maximum absolute atomic E-state index is 11.8. The highest BCUT2D eigenvalue weighted by molar-refractivity contribution is 5.91. The van der Waals surface area contributed by atoms with Gasteiger partial charge in [-0.3, -0.25) is 9.79 Å². The third-order valence-electron chi connectivity index (χ3n) is 4.45. The summed E-state index contributed by atoms with van der Waals surface area (Å²) in [6, 6.07) is 11.5. The van der Waals surface area contributed by atoms with E-state index >= 15 is 0 Å². The third-order valence-corrected chi connectivity index (χ3v) is 4.45. The zero-order valence-electron chi connectivity index (χ0n) is 16.9. The number of aryl methyl sites for hydroxylation is 2. The number of aromatic nitrogens is 2. The van der Waals surface area contributed by atoms with E-state index in [2.05, 4.69) is 36.6 Å². The number of benzene rings is 1. The van der Waals surface area contributed by atoms with Crippen molar-refractivity contribution in [2.45, 2.75) is 26.8 Å². The van der Waals surface area contributed by atoms with Crippen LogP contribution in [0.3, 0.4) is 0 Å². The first kappa shape index (κ1) is 20.4. The third kappa shape index (κ3) is 5.60. The van der Waals surface area contributed by atoms with Crippen molar-refractivity contribution < 1.29 is 9.21 Å². The minimum Gasteiger partial charge on any atom is -0.459 e. The largest absolute Gasteiger partial charge is 0.459 e. The summed E-state index contributed by atoms with van der Waals surface area (Å²) in [7, 11) is 0. The molecule has 3 N–H and O–H groups in total. The summed E-state index contributed by atoms with van der Waals surface area (Å²) in [6.07, 6.45) is 2.39. The average molecular weight is 396 g/mol. The number of para-hydroxylation sites is 2. The number of imidazole rings is 1. The van der Waals surface area contributed by atoms with Crippen molar-refractivity contribution in [1.82, 2.24) is 25.5 Å². The summed E-state index contributed by atoms with van der Waals surface area (Å²) >= 11 is 0. The van der Waals surface area contributed by atoms with Gasteiger partial charge in [0.1, 0.15) is 5.82 Å². The number of furan rings is 1. The molecule has 0 spiro atoms. The molecule has 0 aliphatic heterocycles. The van der Waals surface area contributed by atoms with Gasteiger partial charge in [-0.25, -0.2) is 4.98 Å². The molecule has 0 fully saturated rings. The molecule has 154 valence electrons. The van der Waals surface area contributed by atoms with Crippen molar-refractivity contribution in [2.75, 3.05) is 26.2 Å². The Morgan fingerprint density at radius 2 is 1.97 bits per heavy atom. The minimum atomic E-state index is -0.221. The molecule has 0 radical (unpaired) electrons. The Balaban J connectivity index is 1.44. The Kier molecular flexibility index (Phi) is 7.27. The van der Waals surface area contributed by atoms with Crippen molar-refractivity contribution in [3.05, 3.63) is 54.2 Å². The van der Waals surface area contributed by atoms with Gasteiger partial charge in [-0.1, -0.05) is 12.1 Å². The molecule has 2 heterocycles. The van der Waals surface area contributed by atoms with Crippen molar-refractivity contribution >= 4 is 22.9 Å². The molecular weight excluding hydrogens is 368 g/mol. The fourth-order valence-electron chi connectivity index (χ4n) is 3.09. The van der Waals surface area contributed by atoms with Gasteiger partial charge in [0.05, 0.1) is 17.3 Å². The number of amides is 1. The molecule has 3 rings (SSSR count). The van der Waals surface area contributed by atoms with Crippen LogP contribution in [0.25, 0.3) is 11.0 Å². The van der Waals surface area contributed by atoms with E-state index in [0.717, 1.165) is 42.3 Å². The number of carbonyl (C=O) groups is 1. The van der Waals surface area contributed by atoms with E-state index in [1.54, 1.807) is 12.1 Å². The first-order valence-electron chi connectivity index (χ1n) is 9.94. The van der Waals surface area contributed by atoms with Gasteiger partial charge >= 0.3 is 0 Å². The Morgan fingerprint density at radius 3 is 2.76 bits per heavy atom. The second-order valence-corrected chi connectivity index (χ2v) is 6.57. The maximum Gasteiger partial charge on any atom is 0.287 e. The molecule has 8 heteroatoms. The van der Waals surface area contributed by atoms with Gasteiger partial charge in [0.25, 0.3) is 5.91 Å². The molecule has 1 amide bonds. The summed E-state index contributed by atoms with van der Waals surface area (Å²) in [5, 5.41) is 9.26. The normalized spacial score (nSPS) is 11.6. The lowest BCUT2D eigenvalue weighted by molar-refractivity contribution is 0.0926. The predicted octanol–water partition coefficient (Wildman–Crippen LogP) is 2.31. The minimum absolute atomic E-state index is 0.221. The molecule has 0 saturated carbocycles. The van der Waals surface area contributed by atoms with Gasteiger partial charge in [-0.15, -0.1) is 0 Å². The van der Waals surface area contributed by atoms with E-state index in [-0.39, 0.29) is 5.91 Å². The summed E-state index contributed by atoms with van der Waals surface area (Å²) in [4.78, 5) is 21.1. The topological polar surface area (TPSA) is 96.5 Å². The Morgan fingerprint density at radius 1 is 1.14 bits per heavy atom. The van der Waals surface area contributed by atoms with Gasteiger partial charge in [0.15, 0.2) is 11.7 Å². The van der Waals surface area contributed by atoms with Crippen LogP contribution >= 0.6 is 0 Å². The van der Waals surface area contributed by atoms with Crippen LogP contribution in [-0.2, 0) is 6.54 Å². The summed E-state index contributed by atoms with van der Waals surface area (Å²) < 4.78 is 7.30. The monoisotopic (exact) mass is 396 g/mol. The molecule has 0 aliphatic rings. The first-order chi connectivity index (χ1) is 14.2. The Hall–Kier alpha value is -3.29. The van der Waals surface area contributed by atoms with Crippen LogP contribution in [-0.4, -0.2) is 47.6 Å². The summed E-state index contributed by atoms with van der Waals surface area (Å²) in [5.74, 6) is 1.86. The van der Waals surface area contributed by atoms with Crippen LogP contribution in [0.4, 0.5) is 0 Å². The zero-order valence-corrected chi connectivity index (χ0v) is 16.9. The maximum atomic E-state index is 11.8. The fraction of sp³-hybridized carbons (Fsp3) is 0.381. The number of fused-ring (bicyclic) bond motifs is 1. The van der Waals surface area contributed by atoms with E-state index in [1.165, 1.54) is 6.26 Å². The quantitative estimate of drug-likeness (QED) is 0.293. The second-order valence-electron chi connectivity index (χ2n) is 6.57. The molecule has 0 bridgehead atoms. The Bertz CT molecular complexity index is 945. The van der Waals surface area contributed by atoms with Gasteiger partial charge in [-0.2, -0.15) is 0 Å². The molecule has 0 atom stereocenters. The first-order valence-corrected chi connectivity index (χ1v) is 9.94. The SMILES string of the molecule is CCNC(=NCCCn1c(C)nc2ccccc21)NCCNC(=O)c1ccco1. The van der Waals surface area contributed by atoms with Gasteiger partial charge in [0, 0.05) is 32.7 Å². The summed E-state index contributed by atoms with van der Waals surface area (Å²) in [5.41, 5.74) is 2.19. The number of aliphatic imine (C=N–C) groups is 1. The van der Waals surface area contributed by atoms with E-state index < -0.39 is 0 Å². The summed E-state index contributed by atoms with van der Waals surface area (Å²) in [6.45, 7) is 7.45. The lowest BCUT2D eigenvalue weighted by Gasteiger charge is -2.12. The van der Waals surface area contributed by atoms with Gasteiger partial charge in [-0.05, 0) is 44.5 Å². The highest BCUT2D eigenvalue weighted by Crippen LogP contribution is 2.15. The van der Waals surface area contributed by atoms with Crippen LogP contribution in [0.2, 0.25) is 0 Å². The number of nitrogens with one attached hydrogen (secondary N) is 3. The number of guanidine groups is 1. The smallest absolute Gasteiger partial charge is 0.287 e. The zero-order chi connectivity index (χ0) is 20.5. The molecule has 1 aromatic carbocycles. The number of hydrogen-bond donors (Lipinski definition) is 3. The van der Waals surface area contributed by atoms with Crippen LogP contribution in [0, 0.1) is 6.92 Å². The standard InChI is InChI=1S/C21H28N6O2/c1-3-22-21(25-13-12-23-20(28)19-10-6-15-29-19)24-11-7-14-27-16(2)26-17-8-4-5-9-18(17)27/h4-6,8-10,15H,3,7,11-14H2,1-2H3,(H,23,28)(H2,22,24,25). The molecule has 0 saturated heterocycles. The molecule has 0 aliphatic carbocycles. The van der Waals surface area contributed by atoms with Crippen molar-refractivity contribution in [3.63, 3.8) is 0 Å². The van der Waals surface area contributed by atoms with E-state index in [9.17, 15) is 4.79 Å². The van der Waals surface area contributed by atoms with Crippen molar-refractivity contribution in [1.29, 1.82) is 0 Å². The lowest BCUT2D eigenvalue weighted by Crippen LogP contribution is -2.41. The second kappa shape index (κ2) is 10.3. The number of carbonyl (C=O) groups excluding carboxylic acids is 1. The van der Waals surface area contributed by atoms with E-state index in [4.69, 9.17) is 4.42 Å².